The predicted octanol–water partition coefficient (Wildman–Crippen LogP) is 4.58. The number of carbonyl (C=O) groups excluding carboxylic acids is 1. The Hall–Kier alpha value is -3.41. The summed E-state index contributed by atoms with van der Waals surface area (Å²) in [7, 11) is 0. The average molecular weight is 392 g/mol. The smallest absolute Gasteiger partial charge is 0.261 e. The molecule has 0 N–H and O–H groups in total. The first-order valence-electron chi connectivity index (χ1n) is 9.53. The molecule has 4 rings (SSSR count). The van der Waals surface area contributed by atoms with E-state index in [1.807, 2.05) is 12.1 Å². The highest BCUT2D eigenvalue weighted by Crippen LogP contribution is 2.29. The first-order valence-corrected chi connectivity index (χ1v) is 9.53. The van der Waals surface area contributed by atoms with Crippen molar-refractivity contribution in [1.29, 1.82) is 0 Å². The topological polar surface area (TPSA) is 51.7 Å². The predicted molar refractivity (Wildman–Crippen MR) is 106 cm³/mol. The number of carbonyl (C=O) groups is 1. The van der Waals surface area contributed by atoms with Gasteiger partial charge in [0, 0.05) is 30.4 Å². The van der Waals surface area contributed by atoms with Crippen LogP contribution < -0.4 is 9.47 Å². The molecule has 3 aromatic rings. The molecule has 1 heterocycles. The van der Waals surface area contributed by atoms with Gasteiger partial charge in [0.2, 0.25) is 5.88 Å². The van der Waals surface area contributed by atoms with Gasteiger partial charge in [-0.3, -0.25) is 4.79 Å². The molecule has 1 saturated carbocycles. The van der Waals surface area contributed by atoms with Gasteiger partial charge in [0.1, 0.15) is 17.3 Å². The van der Waals surface area contributed by atoms with Gasteiger partial charge < -0.3 is 14.4 Å². The molecule has 1 amide bonds. The van der Waals surface area contributed by atoms with E-state index in [1.54, 1.807) is 59.6 Å². The lowest BCUT2D eigenvalue weighted by Gasteiger charge is -2.23. The van der Waals surface area contributed by atoms with E-state index in [0.717, 1.165) is 12.8 Å². The van der Waals surface area contributed by atoms with Gasteiger partial charge in [-0.1, -0.05) is 24.3 Å². The zero-order chi connectivity index (χ0) is 20.1. The Labute approximate surface area is 168 Å². The van der Waals surface area contributed by atoms with Crippen molar-refractivity contribution in [2.75, 3.05) is 6.61 Å². The molecule has 1 aliphatic rings. The number of amides is 1. The fourth-order valence-electron chi connectivity index (χ4n) is 2.98. The fourth-order valence-corrected chi connectivity index (χ4v) is 2.98. The molecule has 0 unspecified atom stereocenters. The summed E-state index contributed by atoms with van der Waals surface area (Å²) in [6.45, 7) is 0.168. The Morgan fingerprint density at radius 1 is 1.00 bits per heavy atom. The van der Waals surface area contributed by atoms with Gasteiger partial charge in [-0.05, 0) is 49.2 Å². The first kappa shape index (κ1) is 18.9. The van der Waals surface area contributed by atoms with Crippen LogP contribution in [0.3, 0.4) is 0 Å². The summed E-state index contributed by atoms with van der Waals surface area (Å²) < 4.78 is 25.2. The number of pyridine rings is 1. The second kappa shape index (κ2) is 8.73. The molecule has 1 aromatic heterocycles. The number of nitrogens with zero attached hydrogens (tertiary/aromatic N) is 2. The maximum atomic E-state index is 14.0. The van der Waals surface area contributed by atoms with Crippen molar-refractivity contribution in [2.45, 2.75) is 25.4 Å². The van der Waals surface area contributed by atoms with E-state index in [1.165, 1.54) is 6.07 Å². The zero-order valence-corrected chi connectivity index (χ0v) is 15.8. The van der Waals surface area contributed by atoms with Crippen LogP contribution in [0.4, 0.5) is 4.39 Å². The molecule has 6 heteroatoms. The highest BCUT2D eigenvalue weighted by molar-refractivity contribution is 5.78. The molecule has 5 nitrogen and oxygen atoms in total. The van der Waals surface area contributed by atoms with Gasteiger partial charge >= 0.3 is 0 Å². The van der Waals surface area contributed by atoms with E-state index in [2.05, 4.69) is 4.98 Å². The second-order valence-corrected chi connectivity index (χ2v) is 6.87. The van der Waals surface area contributed by atoms with Crippen molar-refractivity contribution in [2.24, 2.45) is 0 Å². The summed E-state index contributed by atoms with van der Waals surface area (Å²) in [5.74, 6) is 1.25. The van der Waals surface area contributed by atoms with E-state index in [9.17, 15) is 9.18 Å². The Balaban J connectivity index is 1.33. The van der Waals surface area contributed by atoms with Crippen molar-refractivity contribution in [3.05, 3.63) is 84.3 Å². The quantitative estimate of drug-likeness (QED) is 0.563. The second-order valence-electron chi connectivity index (χ2n) is 6.87. The Morgan fingerprint density at radius 3 is 2.41 bits per heavy atom. The molecule has 0 radical (unpaired) electrons. The van der Waals surface area contributed by atoms with Crippen molar-refractivity contribution in [1.82, 2.24) is 9.88 Å². The number of benzene rings is 2. The van der Waals surface area contributed by atoms with Crippen molar-refractivity contribution in [3.8, 4) is 17.4 Å². The minimum Gasteiger partial charge on any atom is -0.484 e. The van der Waals surface area contributed by atoms with E-state index in [4.69, 9.17) is 9.47 Å². The summed E-state index contributed by atoms with van der Waals surface area (Å²) in [6, 6.07) is 19.1. The molecule has 148 valence electrons. The van der Waals surface area contributed by atoms with E-state index < -0.39 is 0 Å². The molecule has 0 saturated heterocycles. The minimum absolute atomic E-state index is 0.0919. The summed E-state index contributed by atoms with van der Waals surface area (Å²) >= 11 is 0. The van der Waals surface area contributed by atoms with Crippen LogP contribution in [-0.2, 0) is 11.3 Å². The monoisotopic (exact) mass is 392 g/mol. The lowest BCUT2D eigenvalue weighted by Crippen LogP contribution is -2.36. The number of aromatic nitrogens is 1. The lowest BCUT2D eigenvalue weighted by molar-refractivity contribution is -0.134. The maximum Gasteiger partial charge on any atom is 0.261 e. The largest absolute Gasteiger partial charge is 0.484 e. The van der Waals surface area contributed by atoms with Gasteiger partial charge in [-0.2, -0.15) is 0 Å². The Bertz CT molecular complexity index is 959. The number of rotatable bonds is 8. The minimum atomic E-state index is -0.296. The number of hydrogen-bond acceptors (Lipinski definition) is 4. The first-order chi connectivity index (χ1) is 14.2. The number of ether oxygens (including phenoxy) is 2. The molecular weight excluding hydrogens is 371 g/mol. The Morgan fingerprint density at radius 2 is 1.72 bits per heavy atom. The zero-order valence-electron chi connectivity index (χ0n) is 15.8. The SMILES string of the molecule is O=C(COc1ccc(Oc2ccccn2)cc1)N(Cc1ccccc1F)C1CC1. The van der Waals surface area contributed by atoms with Gasteiger partial charge in [0.05, 0.1) is 0 Å². The average Bonchev–Trinajstić information content (AvgIpc) is 3.58. The molecule has 0 aliphatic heterocycles. The van der Waals surface area contributed by atoms with E-state index >= 15 is 0 Å². The lowest BCUT2D eigenvalue weighted by atomic mass is 10.2. The van der Waals surface area contributed by atoms with Crippen LogP contribution in [0, 0.1) is 5.82 Å². The third-order valence-electron chi connectivity index (χ3n) is 4.65. The van der Waals surface area contributed by atoms with Crippen LogP contribution in [0.25, 0.3) is 0 Å². The summed E-state index contributed by atoms with van der Waals surface area (Å²) in [5.41, 5.74) is 0.517. The molecule has 0 spiro atoms. The molecule has 1 aliphatic carbocycles. The van der Waals surface area contributed by atoms with Crippen LogP contribution in [0.2, 0.25) is 0 Å². The highest BCUT2D eigenvalue weighted by atomic mass is 19.1. The molecule has 0 atom stereocenters. The van der Waals surface area contributed by atoms with Crippen LogP contribution in [0.5, 0.6) is 17.4 Å². The third kappa shape index (κ3) is 5.10. The van der Waals surface area contributed by atoms with Crippen molar-refractivity contribution in [3.63, 3.8) is 0 Å². The summed E-state index contributed by atoms with van der Waals surface area (Å²) in [4.78, 5) is 18.5. The molecule has 29 heavy (non-hydrogen) atoms. The van der Waals surface area contributed by atoms with Gasteiger partial charge in [-0.25, -0.2) is 9.37 Å². The molecule has 0 bridgehead atoms. The van der Waals surface area contributed by atoms with Crippen molar-refractivity contribution < 1.29 is 18.7 Å². The molecule has 2 aromatic carbocycles. The molecule has 1 fully saturated rings. The third-order valence-corrected chi connectivity index (χ3v) is 4.65. The molecular formula is C23H21FN2O3. The van der Waals surface area contributed by atoms with Crippen molar-refractivity contribution >= 4 is 5.91 Å². The Kier molecular flexibility index (Phi) is 5.70. The number of halogens is 1. The van der Waals surface area contributed by atoms with Gasteiger partial charge in [0.15, 0.2) is 6.61 Å². The van der Waals surface area contributed by atoms with Gasteiger partial charge in [-0.15, -0.1) is 0 Å². The van der Waals surface area contributed by atoms with Crippen LogP contribution in [-0.4, -0.2) is 28.4 Å². The van der Waals surface area contributed by atoms with Crippen LogP contribution >= 0.6 is 0 Å². The van der Waals surface area contributed by atoms with E-state index in [0.29, 0.717) is 22.9 Å². The summed E-state index contributed by atoms with van der Waals surface area (Å²) in [6.07, 6.45) is 3.55. The summed E-state index contributed by atoms with van der Waals surface area (Å²) in [5, 5.41) is 0. The highest BCUT2D eigenvalue weighted by Gasteiger charge is 2.33. The van der Waals surface area contributed by atoms with Gasteiger partial charge in [0.25, 0.3) is 5.91 Å². The normalized spacial score (nSPS) is 13.0. The van der Waals surface area contributed by atoms with E-state index in [-0.39, 0.29) is 30.9 Å². The maximum absolute atomic E-state index is 14.0. The van der Waals surface area contributed by atoms with Crippen LogP contribution in [0.15, 0.2) is 72.9 Å². The van der Waals surface area contributed by atoms with Crippen LogP contribution in [0.1, 0.15) is 18.4 Å². The fraction of sp³-hybridized carbons (Fsp3) is 0.217. The standard InChI is InChI=1S/C23H21FN2O3/c24-21-6-2-1-5-17(21)15-26(18-8-9-18)23(27)16-28-19-10-12-20(13-11-19)29-22-7-3-4-14-25-22/h1-7,10-14,18H,8-9,15-16H2. The number of hydrogen-bond donors (Lipinski definition) is 0.